The minimum absolute atomic E-state index is 0.0990. The van der Waals surface area contributed by atoms with Crippen molar-refractivity contribution in [2.75, 3.05) is 40.6 Å². The summed E-state index contributed by atoms with van der Waals surface area (Å²) >= 11 is 18.1. The molecule has 6 atom stereocenters. The first-order valence-electron chi connectivity index (χ1n) is 22.2. The highest BCUT2D eigenvalue weighted by atomic mass is 35.6. The number of phosphoric acid groups is 1. The third-order valence-corrected chi connectivity index (χ3v) is 12.1. The van der Waals surface area contributed by atoms with Crippen molar-refractivity contribution in [1.82, 2.24) is 5.32 Å². The summed E-state index contributed by atoms with van der Waals surface area (Å²) in [7, 11) is -1.21. The van der Waals surface area contributed by atoms with Gasteiger partial charge in [0.05, 0.1) is 25.9 Å². The molecule has 0 aromatic rings. The quantitative estimate of drug-likeness (QED) is 0.0153. The molecule has 1 fully saturated rings. The van der Waals surface area contributed by atoms with E-state index in [1.54, 1.807) is 7.11 Å². The highest BCUT2D eigenvalue weighted by Crippen LogP contribution is 2.52. The van der Waals surface area contributed by atoms with Crippen LogP contribution in [0.4, 0.5) is 0 Å². The van der Waals surface area contributed by atoms with Crippen molar-refractivity contribution in [2.45, 2.75) is 189 Å². The number of allylic oxidation sites excluding steroid dienone is 2. The van der Waals surface area contributed by atoms with E-state index < -0.39 is 48.2 Å². The number of rotatable bonds is 38. The zero-order valence-corrected chi connectivity index (χ0v) is 40.2. The molecule has 0 aromatic heterocycles. The second-order valence-corrected chi connectivity index (χ2v) is 19.1. The molecule has 16 heteroatoms. The van der Waals surface area contributed by atoms with Crippen LogP contribution in [0.15, 0.2) is 37.5 Å². The second kappa shape index (κ2) is 35.3. The third kappa shape index (κ3) is 25.9. The van der Waals surface area contributed by atoms with Crippen molar-refractivity contribution >= 4 is 54.4 Å². The summed E-state index contributed by atoms with van der Waals surface area (Å²) in [5.74, 6) is -1.05. The van der Waals surface area contributed by atoms with Crippen LogP contribution in [0.3, 0.4) is 0 Å². The Balaban J connectivity index is 3.20. The summed E-state index contributed by atoms with van der Waals surface area (Å²) < 4.78 is 59.0. The molecule has 1 saturated heterocycles. The first-order chi connectivity index (χ1) is 28.9. The summed E-state index contributed by atoms with van der Waals surface area (Å²) in [6.45, 7) is 11.4. The second-order valence-electron chi connectivity index (χ2n) is 15.2. The van der Waals surface area contributed by atoms with Crippen LogP contribution in [0.25, 0.3) is 0 Å². The lowest BCUT2D eigenvalue weighted by Crippen LogP contribution is -2.66. The molecule has 0 aromatic carbocycles. The molecule has 0 saturated carbocycles. The van der Waals surface area contributed by atoms with Crippen molar-refractivity contribution in [3.63, 3.8) is 0 Å². The molecule has 0 bridgehead atoms. The molecule has 1 amide bonds. The number of phosphoric ester groups is 1. The molecule has 350 valence electrons. The molecule has 2 N–H and O–H groups in total. The normalized spacial score (nSPS) is 20.3. The number of halogens is 3. The van der Waals surface area contributed by atoms with Gasteiger partial charge in [0, 0.05) is 27.2 Å². The van der Waals surface area contributed by atoms with Gasteiger partial charge in [-0.3, -0.25) is 23.8 Å². The number of methoxy groups -OCH3 is 2. The van der Waals surface area contributed by atoms with E-state index in [1.807, 2.05) is 0 Å². The number of alkyl halides is 3. The van der Waals surface area contributed by atoms with E-state index in [0.29, 0.717) is 12.8 Å². The van der Waals surface area contributed by atoms with Crippen LogP contribution < -0.4 is 5.32 Å². The van der Waals surface area contributed by atoms with E-state index in [1.165, 1.54) is 70.6 Å². The van der Waals surface area contributed by atoms with E-state index in [9.17, 15) is 9.36 Å². The SMILES string of the molecule is C=CCOP(=O)(OCC=C)O[C@@H]1C(COC)O[C@H](OC(=N)C(Cl)(Cl)Cl)[C@H](NC(=O)CCCCCCCCC/C=C\CCCCCC)C1OCCC(CCCCCCC)OC. The van der Waals surface area contributed by atoms with E-state index in [2.05, 4.69) is 44.5 Å². The average Bonchev–Trinajstić information content (AvgIpc) is 3.21. The van der Waals surface area contributed by atoms with Crippen LogP contribution in [-0.4, -0.2) is 93.0 Å². The summed E-state index contributed by atoms with van der Waals surface area (Å²) in [5.41, 5.74) is 0. The Morgan fingerprint density at radius 3 is 1.92 bits per heavy atom. The number of carbonyl (C=O) groups excluding carboxylic acids is 1. The van der Waals surface area contributed by atoms with Crippen molar-refractivity contribution in [3.8, 4) is 0 Å². The number of amides is 1. The summed E-state index contributed by atoms with van der Waals surface area (Å²) in [6, 6.07) is -1.14. The largest absolute Gasteiger partial charge is 0.475 e. The van der Waals surface area contributed by atoms with Gasteiger partial charge in [0.25, 0.3) is 3.79 Å². The van der Waals surface area contributed by atoms with E-state index in [0.717, 1.165) is 64.2 Å². The van der Waals surface area contributed by atoms with Crippen LogP contribution >= 0.6 is 42.6 Å². The highest BCUT2D eigenvalue weighted by Gasteiger charge is 2.53. The Morgan fingerprint density at radius 2 is 1.37 bits per heavy atom. The Bertz CT molecular complexity index is 1210. The van der Waals surface area contributed by atoms with Gasteiger partial charge < -0.3 is 29.0 Å². The fourth-order valence-corrected chi connectivity index (χ4v) is 8.26. The number of carbonyl (C=O) groups is 1. The summed E-state index contributed by atoms with van der Waals surface area (Å²) in [4.78, 5) is 13.7. The smallest absolute Gasteiger partial charge is 0.446 e. The van der Waals surface area contributed by atoms with Gasteiger partial charge in [0.15, 0.2) is 0 Å². The molecule has 60 heavy (non-hydrogen) atoms. The minimum atomic E-state index is -4.33. The number of unbranched alkanes of at least 4 members (excludes halogenated alkanes) is 15. The van der Waals surface area contributed by atoms with Gasteiger partial charge in [0.1, 0.15) is 24.4 Å². The maximum atomic E-state index is 14.1. The molecule has 1 aliphatic rings. The lowest BCUT2D eigenvalue weighted by Gasteiger charge is -2.46. The van der Waals surface area contributed by atoms with Crippen molar-refractivity contribution in [2.24, 2.45) is 0 Å². The molecule has 1 heterocycles. The first-order valence-corrected chi connectivity index (χ1v) is 24.8. The van der Waals surface area contributed by atoms with E-state index in [4.69, 9.17) is 77.5 Å². The molecule has 0 spiro atoms. The zero-order chi connectivity index (χ0) is 44.5. The number of nitrogens with one attached hydrogen (secondary N) is 2. The summed E-state index contributed by atoms with van der Waals surface area (Å²) in [5, 5.41) is 11.4. The number of hydrogen-bond acceptors (Lipinski definition) is 11. The van der Waals surface area contributed by atoms with E-state index in [-0.39, 0.29) is 44.9 Å². The third-order valence-electron chi connectivity index (χ3n) is 10.1. The van der Waals surface area contributed by atoms with Crippen LogP contribution in [0.2, 0.25) is 0 Å². The van der Waals surface area contributed by atoms with Gasteiger partial charge in [-0.05, 0) is 44.9 Å². The lowest BCUT2D eigenvalue weighted by molar-refractivity contribution is -0.256. The minimum Gasteiger partial charge on any atom is -0.446 e. The maximum absolute atomic E-state index is 14.1. The van der Waals surface area contributed by atoms with E-state index >= 15 is 0 Å². The Hall–Kier alpha value is -1.02. The van der Waals surface area contributed by atoms with Crippen molar-refractivity contribution < 1.29 is 46.6 Å². The van der Waals surface area contributed by atoms with Crippen LogP contribution in [0.5, 0.6) is 0 Å². The van der Waals surface area contributed by atoms with Gasteiger partial charge >= 0.3 is 7.82 Å². The Morgan fingerprint density at radius 1 is 0.817 bits per heavy atom. The fraction of sp³-hybridized carbons (Fsp3) is 0.818. The zero-order valence-electron chi connectivity index (χ0n) is 37.0. The van der Waals surface area contributed by atoms with Crippen LogP contribution in [0, 0.1) is 5.41 Å². The Kier molecular flexibility index (Phi) is 33.6. The molecule has 1 aliphatic heterocycles. The molecule has 1 rings (SSSR count). The molecular weight excluding hydrogens is 854 g/mol. The average molecular weight is 932 g/mol. The van der Waals surface area contributed by atoms with Crippen molar-refractivity contribution in [1.29, 1.82) is 5.41 Å². The molecule has 0 aliphatic carbocycles. The number of ether oxygens (including phenoxy) is 5. The topological polar surface area (TPSA) is 144 Å². The van der Waals surface area contributed by atoms with Gasteiger partial charge in [-0.1, -0.05) is 156 Å². The predicted molar refractivity (Wildman–Crippen MR) is 244 cm³/mol. The standard InChI is InChI=1S/C44H78Cl3N2O10P/c1-7-11-13-15-16-17-18-19-20-21-22-23-24-26-28-30-38(50)49-39-41(54-34-31-36(53-6)29-27-25-14-12-8-2)40(59-60(51,55-32-9-3)56-33-10-4)37(35-52-5)57-42(39)58-43(48)44(45,46)47/h9-10,17-18,36-37,39-42,48H,3-4,7-8,11-16,19-35H2,1-2,5-6H3,(H,49,50)/b18-17-,48-43?/t36?,37?,39-,40-,41?,42-/m1/s1. The molecule has 0 radical (unpaired) electrons. The molecule has 12 nitrogen and oxygen atoms in total. The van der Waals surface area contributed by atoms with Crippen LogP contribution in [0.1, 0.15) is 149 Å². The van der Waals surface area contributed by atoms with Gasteiger partial charge in [0.2, 0.25) is 18.1 Å². The van der Waals surface area contributed by atoms with Gasteiger partial charge in [-0.15, -0.1) is 13.2 Å². The molecular formula is C44H78Cl3N2O10P. The monoisotopic (exact) mass is 930 g/mol. The first kappa shape index (κ1) is 57.0. The van der Waals surface area contributed by atoms with Gasteiger partial charge in [-0.2, -0.15) is 0 Å². The Labute approximate surface area is 377 Å². The maximum Gasteiger partial charge on any atom is 0.475 e. The van der Waals surface area contributed by atoms with Crippen molar-refractivity contribution in [3.05, 3.63) is 37.5 Å². The molecule has 3 unspecified atom stereocenters. The highest BCUT2D eigenvalue weighted by molar-refractivity contribution is 7.48. The van der Waals surface area contributed by atoms with Crippen LogP contribution in [-0.2, 0) is 46.6 Å². The summed E-state index contributed by atoms with van der Waals surface area (Å²) in [6.07, 6.45) is 24.4. The van der Waals surface area contributed by atoms with Gasteiger partial charge in [-0.25, -0.2) is 4.57 Å². The lowest BCUT2D eigenvalue weighted by atomic mass is 9.96. The fourth-order valence-electron chi connectivity index (χ4n) is 6.80. The predicted octanol–water partition coefficient (Wildman–Crippen LogP) is 12.3. The number of hydrogen-bond donors (Lipinski definition) is 2.